The number of aryl methyl sites for hydroxylation is 1. The van der Waals surface area contributed by atoms with Gasteiger partial charge < -0.3 is 11.5 Å². The Labute approximate surface area is 85.1 Å². The zero-order chi connectivity index (χ0) is 7.56. The molecule has 0 aliphatic carbocycles. The van der Waals surface area contributed by atoms with Gasteiger partial charge in [-0.3, -0.25) is 0 Å². The smallest absolute Gasteiger partial charge is 0.0319 e. The number of halogens is 2. The predicted octanol–water partition coefficient (Wildman–Crippen LogP) is 1.88. The molecule has 0 bridgehead atoms. The van der Waals surface area contributed by atoms with E-state index < -0.39 is 0 Å². The number of benzene rings is 1. The highest BCUT2D eigenvalue weighted by molar-refractivity contribution is 5.85. The second-order valence-corrected chi connectivity index (χ2v) is 2.46. The minimum Gasteiger partial charge on any atom is -0.399 e. The van der Waals surface area contributed by atoms with E-state index in [0.717, 1.165) is 11.3 Å². The highest BCUT2D eigenvalue weighted by atomic mass is 35.5. The van der Waals surface area contributed by atoms with Gasteiger partial charge in [0.25, 0.3) is 0 Å². The van der Waals surface area contributed by atoms with Crippen LogP contribution in [0.5, 0.6) is 0 Å². The van der Waals surface area contributed by atoms with Gasteiger partial charge in [0.15, 0.2) is 0 Å². The Morgan fingerprint density at radius 1 is 1.17 bits per heavy atom. The van der Waals surface area contributed by atoms with Gasteiger partial charge in [-0.05, 0) is 30.2 Å². The van der Waals surface area contributed by atoms with E-state index in [4.69, 9.17) is 11.5 Å². The Morgan fingerprint density at radius 3 is 2.17 bits per heavy atom. The van der Waals surface area contributed by atoms with E-state index in [-0.39, 0.29) is 24.8 Å². The number of hydrogen-bond acceptors (Lipinski definition) is 2. The van der Waals surface area contributed by atoms with E-state index in [2.05, 4.69) is 0 Å². The van der Waals surface area contributed by atoms with E-state index in [1.807, 2.05) is 25.1 Å². The van der Waals surface area contributed by atoms with Crippen molar-refractivity contribution in [3.05, 3.63) is 29.3 Å². The third-order valence-corrected chi connectivity index (χ3v) is 1.40. The predicted molar refractivity (Wildman–Crippen MR) is 58.0 cm³/mol. The molecule has 0 spiro atoms. The molecule has 1 rings (SSSR count). The molecule has 4 N–H and O–H groups in total. The lowest BCUT2D eigenvalue weighted by molar-refractivity contribution is 1.07. The molecule has 2 nitrogen and oxygen atoms in total. The standard InChI is InChI=1S/C8H12N2.2ClH/c1-6-2-7(5-9)4-8(10)3-6;;/h2-4H,5,9-10H2,1H3;2*1H. The lowest BCUT2D eigenvalue weighted by Gasteiger charge is -2.00. The maximum Gasteiger partial charge on any atom is 0.0319 e. The van der Waals surface area contributed by atoms with E-state index in [9.17, 15) is 0 Å². The number of nitrogens with two attached hydrogens (primary N) is 2. The summed E-state index contributed by atoms with van der Waals surface area (Å²) >= 11 is 0. The van der Waals surface area contributed by atoms with Crippen molar-refractivity contribution in [2.75, 3.05) is 5.73 Å². The fourth-order valence-electron chi connectivity index (χ4n) is 1.01. The number of rotatable bonds is 1. The van der Waals surface area contributed by atoms with E-state index in [1.54, 1.807) is 0 Å². The van der Waals surface area contributed by atoms with Crippen molar-refractivity contribution in [1.82, 2.24) is 0 Å². The zero-order valence-corrected chi connectivity index (χ0v) is 8.54. The van der Waals surface area contributed by atoms with Crippen LogP contribution >= 0.6 is 24.8 Å². The fraction of sp³-hybridized carbons (Fsp3) is 0.250. The Morgan fingerprint density at radius 2 is 1.75 bits per heavy atom. The van der Waals surface area contributed by atoms with E-state index in [1.165, 1.54) is 5.56 Å². The lowest BCUT2D eigenvalue weighted by atomic mass is 10.1. The molecule has 70 valence electrons. The summed E-state index contributed by atoms with van der Waals surface area (Å²) in [6, 6.07) is 5.86. The summed E-state index contributed by atoms with van der Waals surface area (Å²) in [6.07, 6.45) is 0. The molecule has 0 saturated carbocycles. The van der Waals surface area contributed by atoms with Crippen LogP contribution < -0.4 is 11.5 Å². The second-order valence-electron chi connectivity index (χ2n) is 2.46. The van der Waals surface area contributed by atoms with Crippen LogP contribution in [0, 0.1) is 6.92 Å². The van der Waals surface area contributed by atoms with Gasteiger partial charge in [-0.15, -0.1) is 24.8 Å². The van der Waals surface area contributed by atoms with Crippen LogP contribution in [0.1, 0.15) is 11.1 Å². The van der Waals surface area contributed by atoms with E-state index >= 15 is 0 Å². The average Bonchev–Trinajstić information content (AvgIpc) is 1.85. The van der Waals surface area contributed by atoms with Crippen LogP contribution in [0.3, 0.4) is 0 Å². The Balaban J connectivity index is 0. The van der Waals surface area contributed by atoms with Gasteiger partial charge >= 0.3 is 0 Å². The molecular weight excluding hydrogens is 195 g/mol. The Bertz CT molecular complexity index is 218. The lowest BCUT2D eigenvalue weighted by Crippen LogP contribution is -1.98. The minimum absolute atomic E-state index is 0. The SMILES string of the molecule is Cc1cc(N)cc(CN)c1.Cl.Cl. The molecule has 1 aromatic carbocycles. The summed E-state index contributed by atoms with van der Waals surface area (Å²) in [5.41, 5.74) is 14.1. The maximum atomic E-state index is 5.58. The van der Waals surface area contributed by atoms with Crippen molar-refractivity contribution < 1.29 is 0 Å². The van der Waals surface area contributed by atoms with Crippen LogP contribution in [-0.2, 0) is 6.54 Å². The van der Waals surface area contributed by atoms with Crippen molar-refractivity contribution in [2.24, 2.45) is 5.73 Å². The quantitative estimate of drug-likeness (QED) is 0.694. The number of anilines is 1. The largest absolute Gasteiger partial charge is 0.399 e. The second kappa shape index (κ2) is 6.12. The van der Waals surface area contributed by atoms with E-state index in [0.29, 0.717) is 6.54 Å². The molecule has 4 heteroatoms. The van der Waals surface area contributed by atoms with Gasteiger partial charge in [-0.25, -0.2) is 0 Å². The summed E-state index contributed by atoms with van der Waals surface area (Å²) in [6.45, 7) is 2.57. The van der Waals surface area contributed by atoms with Gasteiger partial charge in [-0.2, -0.15) is 0 Å². The molecule has 0 aliphatic rings. The van der Waals surface area contributed by atoms with Crippen molar-refractivity contribution >= 4 is 30.5 Å². The highest BCUT2D eigenvalue weighted by Crippen LogP contribution is 2.09. The number of hydrogen-bond donors (Lipinski definition) is 2. The topological polar surface area (TPSA) is 52.0 Å². The molecule has 0 unspecified atom stereocenters. The molecule has 1 aromatic rings. The molecule has 0 saturated heterocycles. The summed E-state index contributed by atoms with van der Waals surface area (Å²) in [5.74, 6) is 0. The first-order valence-corrected chi connectivity index (χ1v) is 3.28. The molecule has 0 aromatic heterocycles. The Hall–Kier alpha value is -0.440. The molecule has 0 fully saturated rings. The molecule has 0 amide bonds. The van der Waals surface area contributed by atoms with Crippen LogP contribution in [0.4, 0.5) is 5.69 Å². The van der Waals surface area contributed by atoms with Crippen LogP contribution in [-0.4, -0.2) is 0 Å². The maximum absolute atomic E-state index is 5.58. The van der Waals surface area contributed by atoms with Crippen LogP contribution in [0.15, 0.2) is 18.2 Å². The third-order valence-electron chi connectivity index (χ3n) is 1.40. The average molecular weight is 209 g/mol. The van der Waals surface area contributed by atoms with Gasteiger partial charge in [0.05, 0.1) is 0 Å². The van der Waals surface area contributed by atoms with Crippen LogP contribution in [0.2, 0.25) is 0 Å². The summed E-state index contributed by atoms with van der Waals surface area (Å²) < 4.78 is 0. The first-order chi connectivity index (χ1) is 4.72. The monoisotopic (exact) mass is 208 g/mol. The van der Waals surface area contributed by atoms with Crippen LogP contribution in [0.25, 0.3) is 0 Å². The molecule has 12 heavy (non-hydrogen) atoms. The highest BCUT2D eigenvalue weighted by Gasteiger charge is 1.91. The number of nitrogen functional groups attached to an aromatic ring is 1. The van der Waals surface area contributed by atoms with Crippen molar-refractivity contribution in [3.63, 3.8) is 0 Å². The van der Waals surface area contributed by atoms with Gasteiger partial charge in [-0.1, -0.05) is 6.07 Å². The first kappa shape index (κ1) is 14.1. The summed E-state index contributed by atoms with van der Waals surface area (Å²) in [5, 5.41) is 0. The van der Waals surface area contributed by atoms with Crippen molar-refractivity contribution in [2.45, 2.75) is 13.5 Å². The summed E-state index contributed by atoms with van der Waals surface area (Å²) in [4.78, 5) is 0. The van der Waals surface area contributed by atoms with Gasteiger partial charge in [0, 0.05) is 12.2 Å². The van der Waals surface area contributed by atoms with Crippen molar-refractivity contribution in [3.8, 4) is 0 Å². The molecule has 0 radical (unpaired) electrons. The molecule has 0 heterocycles. The Kier molecular flexibility index (Phi) is 7.19. The fourth-order valence-corrected chi connectivity index (χ4v) is 1.01. The molecular formula is C8H14Cl2N2. The first-order valence-electron chi connectivity index (χ1n) is 3.28. The van der Waals surface area contributed by atoms with Crippen molar-refractivity contribution in [1.29, 1.82) is 0 Å². The van der Waals surface area contributed by atoms with Gasteiger partial charge in [0.2, 0.25) is 0 Å². The third kappa shape index (κ3) is 3.81. The minimum atomic E-state index is 0. The molecule has 0 aliphatic heterocycles. The zero-order valence-electron chi connectivity index (χ0n) is 6.91. The van der Waals surface area contributed by atoms with Gasteiger partial charge in [0.1, 0.15) is 0 Å². The molecule has 0 atom stereocenters. The normalized spacial score (nSPS) is 8.17. The summed E-state index contributed by atoms with van der Waals surface area (Å²) in [7, 11) is 0.